The van der Waals surface area contributed by atoms with Crippen LogP contribution in [0.15, 0.2) is 12.1 Å². The minimum absolute atomic E-state index is 0.475. The largest absolute Gasteiger partial charge is 0.480 e. The van der Waals surface area contributed by atoms with Gasteiger partial charge in [-0.1, -0.05) is 0 Å². The van der Waals surface area contributed by atoms with Crippen LogP contribution in [0.5, 0.6) is 5.88 Å². The molecule has 0 amide bonds. The van der Waals surface area contributed by atoms with Crippen LogP contribution in [-0.4, -0.2) is 33.7 Å². The topological polar surface area (TPSA) is 72.8 Å². The average molecular weight is 223 g/mol. The molecular weight excluding hydrogens is 214 g/mol. The van der Waals surface area contributed by atoms with Gasteiger partial charge in [0.25, 0.3) is 0 Å². The molecule has 2 aromatic rings. The fourth-order valence-corrected chi connectivity index (χ4v) is 1.50. The van der Waals surface area contributed by atoms with E-state index in [0.29, 0.717) is 17.4 Å². The van der Waals surface area contributed by atoms with Crippen LogP contribution in [0.4, 0.5) is 5.13 Å². The lowest BCUT2D eigenvalue weighted by atomic mass is 10.4. The third-order valence-electron chi connectivity index (χ3n) is 1.72. The van der Waals surface area contributed by atoms with Gasteiger partial charge in [-0.25, -0.2) is 0 Å². The molecule has 0 spiro atoms. The number of nitrogens with one attached hydrogen (secondary N) is 1. The molecule has 1 N–H and O–H groups in total. The molecule has 0 atom stereocenters. The fraction of sp³-hybridized carbons (Fsp3) is 0.250. The summed E-state index contributed by atoms with van der Waals surface area (Å²) in [5.74, 6) is 1.04. The van der Waals surface area contributed by atoms with Crippen LogP contribution in [0.25, 0.3) is 11.5 Å². The molecule has 0 aliphatic heterocycles. The number of methoxy groups -OCH3 is 1. The maximum absolute atomic E-state index is 4.91. The van der Waals surface area contributed by atoms with Crippen LogP contribution < -0.4 is 10.1 Å². The van der Waals surface area contributed by atoms with Gasteiger partial charge in [-0.15, -0.1) is 10.2 Å². The monoisotopic (exact) mass is 223 g/mol. The molecule has 0 saturated heterocycles. The Morgan fingerprint density at radius 3 is 2.73 bits per heavy atom. The van der Waals surface area contributed by atoms with Crippen molar-refractivity contribution in [1.29, 1.82) is 0 Å². The first kappa shape index (κ1) is 9.78. The van der Waals surface area contributed by atoms with Crippen molar-refractivity contribution in [3.8, 4) is 17.4 Å². The number of hydrogen-bond acceptors (Lipinski definition) is 7. The van der Waals surface area contributed by atoms with E-state index >= 15 is 0 Å². The van der Waals surface area contributed by atoms with Crippen LogP contribution in [-0.2, 0) is 0 Å². The summed E-state index contributed by atoms with van der Waals surface area (Å²) >= 11 is 1.28. The molecule has 6 nitrogen and oxygen atoms in total. The van der Waals surface area contributed by atoms with Gasteiger partial charge >= 0.3 is 0 Å². The summed E-state index contributed by atoms with van der Waals surface area (Å²) < 4.78 is 9.04. The third kappa shape index (κ3) is 2.01. The van der Waals surface area contributed by atoms with Gasteiger partial charge < -0.3 is 10.1 Å². The molecule has 2 aromatic heterocycles. The lowest BCUT2D eigenvalue weighted by Crippen LogP contribution is -1.93. The Morgan fingerprint density at radius 2 is 2.20 bits per heavy atom. The fourth-order valence-electron chi connectivity index (χ4n) is 0.977. The van der Waals surface area contributed by atoms with Crippen molar-refractivity contribution < 1.29 is 4.74 Å². The predicted octanol–water partition coefficient (Wildman–Crippen LogP) is 1.05. The zero-order valence-corrected chi connectivity index (χ0v) is 9.08. The smallest absolute Gasteiger partial charge is 0.233 e. The molecule has 0 bridgehead atoms. The Hall–Kier alpha value is -1.76. The highest BCUT2D eigenvalue weighted by molar-refractivity contribution is 7.09. The first-order valence-electron chi connectivity index (χ1n) is 4.23. The standard InChI is InChI=1S/C8H9N5OS/c1-9-8-10-7(13-15-8)5-3-4-6(14-2)12-11-5/h3-4H,1-2H3,(H,9,10,13). The summed E-state index contributed by atoms with van der Waals surface area (Å²) in [6.45, 7) is 0. The van der Waals surface area contributed by atoms with E-state index in [1.165, 1.54) is 11.5 Å². The third-order valence-corrected chi connectivity index (χ3v) is 2.45. The van der Waals surface area contributed by atoms with E-state index in [-0.39, 0.29) is 0 Å². The van der Waals surface area contributed by atoms with E-state index in [1.54, 1.807) is 26.3 Å². The van der Waals surface area contributed by atoms with E-state index in [0.717, 1.165) is 5.13 Å². The van der Waals surface area contributed by atoms with E-state index in [9.17, 15) is 0 Å². The number of rotatable bonds is 3. The van der Waals surface area contributed by atoms with Gasteiger partial charge in [0.15, 0.2) is 5.82 Å². The summed E-state index contributed by atoms with van der Waals surface area (Å²) in [6, 6.07) is 3.50. The molecule has 0 radical (unpaired) electrons. The van der Waals surface area contributed by atoms with Gasteiger partial charge in [0.05, 0.1) is 7.11 Å². The molecule has 2 rings (SSSR count). The molecule has 0 aliphatic carbocycles. The van der Waals surface area contributed by atoms with Gasteiger partial charge in [-0.05, 0) is 6.07 Å². The normalized spacial score (nSPS) is 10.0. The second-order valence-corrected chi connectivity index (χ2v) is 3.39. The first-order valence-corrected chi connectivity index (χ1v) is 5.00. The van der Waals surface area contributed by atoms with Crippen LogP contribution in [0, 0.1) is 0 Å². The Morgan fingerprint density at radius 1 is 1.33 bits per heavy atom. The molecule has 15 heavy (non-hydrogen) atoms. The molecule has 7 heteroatoms. The summed E-state index contributed by atoms with van der Waals surface area (Å²) in [6.07, 6.45) is 0. The predicted molar refractivity (Wildman–Crippen MR) is 57.0 cm³/mol. The van der Waals surface area contributed by atoms with Gasteiger partial charge in [0.2, 0.25) is 11.0 Å². The average Bonchev–Trinajstić information content (AvgIpc) is 2.78. The van der Waals surface area contributed by atoms with Crippen LogP contribution >= 0.6 is 11.5 Å². The van der Waals surface area contributed by atoms with Crippen molar-refractivity contribution in [1.82, 2.24) is 19.6 Å². The highest BCUT2D eigenvalue weighted by Crippen LogP contribution is 2.19. The first-order chi connectivity index (χ1) is 7.33. The van der Waals surface area contributed by atoms with E-state index in [4.69, 9.17) is 4.74 Å². The molecular formula is C8H9N5OS. The Balaban J connectivity index is 2.28. The zero-order chi connectivity index (χ0) is 10.7. The second kappa shape index (κ2) is 4.18. The van der Waals surface area contributed by atoms with Crippen LogP contribution in [0.2, 0.25) is 0 Å². The van der Waals surface area contributed by atoms with Gasteiger partial charge in [-0.3, -0.25) is 0 Å². The Bertz CT molecular complexity index is 441. The molecule has 0 unspecified atom stereocenters. The summed E-state index contributed by atoms with van der Waals surface area (Å²) in [5.41, 5.74) is 0.633. The Labute approximate surface area is 90.5 Å². The lowest BCUT2D eigenvalue weighted by Gasteiger charge is -1.96. The lowest BCUT2D eigenvalue weighted by molar-refractivity contribution is 0.392. The molecule has 0 saturated carbocycles. The van der Waals surface area contributed by atoms with Crippen molar-refractivity contribution in [3.05, 3.63) is 12.1 Å². The minimum Gasteiger partial charge on any atom is -0.480 e. The van der Waals surface area contributed by atoms with E-state index in [2.05, 4.69) is 24.9 Å². The van der Waals surface area contributed by atoms with Gasteiger partial charge in [0.1, 0.15) is 5.69 Å². The molecule has 0 fully saturated rings. The molecule has 0 aliphatic rings. The van der Waals surface area contributed by atoms with Crippen molar-refractivity contribution in [3.63, 3.8) is 0 Å². The number of ether oxygens (including phenoxy) is 1. The number of aromatic nitrogens is 4. The van der Waals surface area contributed by atoms with Crippen LogP contribution in [0.1, 0.15) is 0 Å². The zero-order valence-electron chi connectivity index (χ0n) is 8.26. The highest BCUT2D eigenvalue weighted by Gasteiger charge is 2.07. The van der Waals surface area contributed by atoms with Crippen molar-refractivity contribution in [2.45, 2.75) is 0 Å². The quantitative estimate of drug-likeness (QED) is 0.838. The van der Waals surface area contributed by atoms with Crippen LogP contribution in [0.3, 0.4) is 0 Å². The molecule has 2 heterocycles. The van der Waals surface area contributed by atoms with Crippen molar-refractivity contribution >= 4 is 16.7 Å². The number of nitrogens with zero attached hydrogens (tertiary/aromatic N) is 4. The summed E-state index contributed by atoms with van der Waals surface area (Å²) in [7, 11) is 3.34. The summed E-state index contributed by atoms with van der Waals surface area (Å²) in [4.78, 5) is 4.21. The SMILES string of the molecule is CNc1nc(-c2ccc(OC)nn2)ns1. The highest BCUT2D eigenvalue weighted by atomic mass is 32.1. The van der Waals surface area contributed by atoms with E-state index < -0.39 is 0 Å². The Kier molecular flexibility index (Phi) is 2.72. The maximum atomic E-state index is 4.91. The van der Waals surface area contributed by atoms with Crippen molar-refractivity contribution in [2.75, 3.05) is 19.5 Å². The number of anilines is 1. The van der Waals surface area contributed by atoms with Gasteiger partial charge in [-0.2, -0.15) is 9.36 Å². The molecule has 0 aromatic carbocycles. The molecule has 78 valence electrons. The minimum atomic E-state index is 0.475. The number of hydrogen-bond donors (Lipinski definition) is 1. The maximum Gasteiger partial charge on any atom is 0.233 e. The van der Waals surface area contributed by atoms with E-state index in [1.807, 2.05) is 0 Å². The second-order valence-electron chi connectivity index (χ2n) is 2.63. The van der Waals surface area contributed by atoms with Crippen molar-refractivity contribution in [2.24, 2.45) is 0 Å². The van der Waals surface area contributed by atoms with Gasteiger partial charge in [0, 0.05) is 24.6 Å². The summed E-state index contributed by atoms with van der Waals surface area (Å²) in [5, 5.41) is 11.5.